The van der Waals surface area contributed by atoms with Crippen LogP contribution in [0.5, 0.6) is 0 Å². The first-order chi connectivity index (χ1) is 22.0. The van der Waals surface area contributed by atoms with Gasteiger partial charge in [0.1, 0.15) is 48.8 Å². The van der Waals surface area contributed by atoms with Crippen LogP contribution in [-0.2, 0) is 28.4 Å². The van der Waals surface area contributed by atoms with Crippen LogP contribution in [0, 0.1) is 5.92 Å². The molecular weight excluding hydrogens is 614 g/mol. The normalized spacial score (nSPS) is 46.5. The molecule has 46 heavy (non-hydrogen) atoms. The highest BCUT2D eigenvalue weighted by Crippen LogP contribution is 2.37. The van der Waals surface area contributed by atoms with E-state index in [1.807, 2.05) is 0 Å². The Bertz CT molecular complexity index is 942. The Balaban J connectivity index is 1.50. The van der Waals surface area contributed by atoms with Gasteiger partial charge in [-0.1, -0.05) is 12.2 Å². The Morgan fingerprint density at radius 2 is 1.43 bits per heavy atom. The predicted molar refractivity (Wildman–Crippen MR) is 158 cm³/mol. The quantitative estimate of drug-likeness (QED) is 0.0570. The second kappa shape index (κ2) is 17.6. The van der Waals surface area contributed by atoms with Crippen LogP contribution >= 0.6 is 0 Å². The Hall–Kier alpha value is -0.980. The van der Waals surface area contributed by atoms with Gasteiger partial charge in [-0.05, 0) is 25.2 Å². The number of ether oxygens (including phenoxy) is 6. The van der Waals surface area contributed by atoms with E-state index in [1.54, 1.807) is 12.2 Å². The van der Waals surface area contributed by atoms with E-state index in [4.69, 9.17) is 56.5 Å². The molecule has 0 unspecified atom stereocenters. The van der Waals surface area contributed by atoms with Crippen molar-refractivity contribution in [1.82, 2.24) is 5.32 Å². The number of nitrogens with two attached hydrogens (primary N) is 4. The van der Waals surface area contributed by atoms with E-state index >= 15 is 0 Å². The van der Waals surface area contributed by atoms with Crippen molar-refractivity contribution in [3.63, 3.8) is 0 Å². The summed E-state index contributed by atoms with van der Waals surface area (Å²) < 4.78 is 35.9. The summed E-state index contributed by atoms with van der Waals surface area (Å²) in [5, 5.41) is 75.0. The molecule has 0 aromatic heterocycles. The number of hydrogen-bond acceptors (Lipinski definition) is 18. The topological polar surface area (TPSA) is 313 Å². The van der Waals surface area contributed by atoms with Crippen LogP contribution in [-0.4, -0.2) is 173 Å². The summed E-state index contributed by atoms with van der Waals surface area (Å²) in [5.41, 5.74) is 24.5. The predicted octanol–water partition coefficient (Wildman–Crippen LogP) is -6.38. The Kier molecular flexibility index (Phi) is 14.5. The Morgan fingerprint density at radius 1 is 0.739 bits per heavy atom. The third-order valence-electron chi connectivity index (χ3n) is 9.00. The van der Waals surface area contributed by atoms with Crippen molar-refractivity contribution in [2.75, 3.05) is 39.5 Å². The lowest BCUT2D eigenvalue weighted by Gasteiger charge is -2.46. The van der Waals surface area contributed by atoms with Gasteiger partial charge in [-0.3, -0.25) is 0 Å². The molecule has 0 bridgehead atoms. The fraction of sp³-hybridized carbons (Fsp3) is 0.929. The van der Waals surface area contributed by atoms with Crippen LogP contribution in [0.2, 0.25) is 0 Å². The zero-order valence-electron chi connectivity index (χ0n) is 25.7. The molecule has 268 valence electrons. The Morgan fingerprint density at radius 3 is 2.11 bits per heavy atom. The van der Waals surface area contributed by atoms with Crippen LogP contribution in [0.3, 0.4) is 0 Å². The lowest BCUT2D eigenvalue weighted by molar-refractivity contribution is -0.286. The summed E-state index contributed by atoms with van der Waals surface area (Å²) in [6.07, 6.45) is -10.6. The molecule has 17 atom stereocenters. The molecular formula is C28H53N5O13. The fourth-order valence-electron chi connectivity index (χ4n) is 6.39. The Labute approximate surface area is 267 Å². The minimum absolute atomic E-state index is 0.0426. The molecule has 18 heteroatoms. The summed E-state index contributed by atoms with van der Waals surface area (Å²) in [7, 11) is 0. The molecule has 0 aromatic carbocycles. The highest BCUT2D eigenvalue weighted by molar-refractivity contribution is 5.05. The molecule has 3 fully saturated rings. The van der Waals surface area contributed by atoms with Crippen LogP contribution in [0.4, 0.5) is 0 Å². The van der Waals surface area contributed by atoms with E-state index < -0.39 is 111 Å². The van der Waals surface area contributed by atoms with Gasteiger partial charge in [-0.15, -0.1) is 0 Å². The molecule has 16 N–H and O–H groups in total. The molecule has 2 saturated heterocycles. The van der Waals surface area contributed by atoms with Crippen LogP contribution in [0.15, 0.2) is 12.2 Å². The largest absolute Gasteiger partial charge is 0.396 e. The molecule has 18 nitrogen and oxygen atoms in total. The van der Waals surface area contributed by atoms with Gasteiger partial charge in [0.15, 0.2) is 18.9 Å². The number of aliphatic hydroxyl groups excluding tert-OH is 7. The third kappa shape index (κ3) is 8.78. The van der Waals surface area contributed by atoms with E-state index in [9.17, 15) is 30.6 Å². The van der Waals surface area contributed by atoms with E-state index in [-0.39, 0.29) is 19.8 Å². The lowest BCUT2D eigenvalue weighted by atomic mass is 9.77. The average molecular weight is 668 g/mol. The summed E-state index contributed by atoms with van der Waals surface area (Å²) in [6.45, 7) is -0.130. The minimum atomic E-state index is -1.55. The highest BCUT2D eigenvalue weighted by atomic mass is 16.8. The molecule has 1 saturated carbocycles. The maximum atomic E-state index is 11.5. The number of nitrogens with one attached hydrogen (secondary N) is 1. The van der Waals surface area contributed by atoms with Crippen LogP contribution in [0.1, 0.15) is 19.3 Å². The first-order valence-corrected chi connectivity index (χ1v) is 15.9. The van der Waals surface area contributed by atoms with Gasteiger partial charge >= 0.3 is 0 Å². The first kappa shape index (κ1) is 37.8. The van der Waals surface area contributed by atoms with Crippen LogP contribution < -0.4 is 28.3 Å². The summed E-state index contributed by atoms with van der Waals surface area (Å²) in [5.74, 6) is -0.391. The van der Waals surface area contributed by atoms with Crippen molar-refractivity contribution >= 4 is 0 Å². The molecule has 0 amide bonds. The van der Waals surface area contributed by atoms with Gasteiger partial charge in [-0.2, -0.15) is 0 Å². The van der Waals surface area contributed by atoms with Crippen molar-refractivity contribution in [2.24, 2.45) is 28.9 Å². The van der Waals surface area contributed by atoms with Gasteiger partial charge < -0.3 is 92.4 Å². The van der Waals surface area contributed by atoms with Gasteiger partial charge in [0.25, 0.3) is 0 Å². The third-order valence-corrected chi connectivity index (χ3v) is 9.00. The van der Waals surface area contributed by atoms with E-state index in [0.29, 0.717) is 32.4 Å². The van der Waals surface area contributed by atoms with Gasteiger partial charge in [0, 0.05) is 32.3 Å². The van der Waals surface area contributed by atoms with Gasteiger partial charge in [0.2, 0.25) is 0 Å². The van der Waals surface area contributed by atoms with Gasteiger partial charge in [-0.25, -0.2) is 0 Å². The number of rotatable bonds is 15. The standard InChI is InChI=1S/C28H53N5O13/c29-9-16-20(38)21(39)18(32)27(42-16)45-24-17(11-36)43-28(22(24)40)46-25-19(37)12(2-1-6-34)8-15(31)23(25)44-26-14(30)4-3-13(41-26)10-33-5-7-35/h3-4,12-28,33-40H,1-2,5-11,29-32H2/t12-,13+,14-,15+,16+,17-,18-,19+,20-,21-,22-,23-,24-,25-,26-,27-,28+/m1/s1. The average Bonchev–Trinajstić information content (AvgIpc) is 3.34. The molecule has 4 rings (SSSR count). The van der Waals surface area contributed by atoms with E-state index in [1.165, 1.54) is 0 Å². The molecule has 4 aliphatic rings. The zero-order chi connectivity index (χ0) is 33.5. The molecule has 1 aliphatic carbocycles. The second-order valence-electron chi connectivity index (χ2n) is 12.3. The molecule has 3 heterocycles. The highest BCUT2D eigenvalue weighted by Gasteiger charge is 2.53. The summed E-state index contributed by atoms with van der Waals surface area (Å²) >= 11 is 0. The molecule has 3 aliphatic heterocycles. The van der Waals surface area contributed by atoms with E-state index in [0.717, 1.165) is 0 Å². The summed E-state index contributed by atoms with van der Waals surface area (Å²) in [4.78, 5) is 0. The SMILES string of the molecule is NC[C@@H]1O[C@H](O[C@H]2[C@@H](O)[C@H](O[C@@H]3[C@@H](O)[C@H](CCCO)C[C@H](N)[C@H]3O[C@H]3O[C@H](CNCCO)C=C[C@H]3N)O[C@@H]2CO)[C@H](N)[C@@H](O)[C@@H]1O. The van der Waals surface area contributed by atoms with Crippen molar-refractivity contribution < 1.29 is 64.2 Å². The zero-order valence-corrected chi connectivity index (χ0v) is 25.7. The summed E-state index contributed by atoms with van der Waals surface area (Å²) in [6, 6.07) is -2.58. The lowest BCUT2D eigenvalue weighted by Crippen LogP contribution is -2.64. The number of aliphatic hydroxyl groups is 7. The van der Waals surface area contributed by atoms with Crippen LogP contribution in [0.25, 0.3) is 0 Å². The van der Waals surface area contributed by atoms with Crippen molar-refractivity contribution in [3.05, 3.63) is 12.2 Å². The van der Waals surface area contributed by atoms with Gasteiger partial charge in [0.05, 0.1) is 37.5 Å². The van der Waals surface area contributed by atoms with Crippen molar-refractivity contribution in [2.45, 2.75) is 117 Å². The maximum absolute atomic E-state index is 11.5. The smallest absolute Gasteiger partial charge is 0.187 e. The van der Waals surface area contributed by atoms with E-state index in [2.05, 4.69) is 5.32 Å². The monoisotopic (exact) mass is 667 g/mol. The van der Waals surface area contributed by atoms with Crippen molar-refractivity contribution in [1.29, 1.82) is 0 Å². The fourth-order valence-corrected chi connectivity index (χ4v) is 6.39. The van der Waals surface area contributed by atoms with Crippen molar-refractivity contribution in [3.8, 4) is 0 Å². The molecule has 0 spiro atoms. The molecule has 0 aromatic rings. The number of hydrogen-bond donors (Lipinski definition) is 12. The molecule has 0 radical (unpaired) electrons. The first-order valence-electron chi connectivity index (χ1n) is 15.9. The maximum Gasteiger partial charge on any atom is 0.187 e. The second-order valence-corrected chi connectivity index (χ2v) is 12.3. The minimum Gasteiger partial charge on any atom is -0.396 e.